The number of esters is 1. The molecule has 1 fully saturated rings. The minimum Gasteiger partial charge on any atom is -0.423 e. The number of morpholine rings is 1. The van der Waals surface area contributed by atoms with Crippen molar-refractivity contribution in [3.63, 3.8) is 0 Å². The number of carbonyl (C=O) groups excluding carboxylic acids is 1. The van der Waals surface area contributed by atoms with Gasteiger partial charge in [-0.3, -0.25) is 0 Å². The highest BCUT2D eigenvalue weighted by atomic mass is 35.5. The molecule has 8 heteroatoms. The Labute approximate surface area is 163 Å². The quantitative estimate of drug-likeness (QED) is 0.572. The lowest BCUT2D eigenvalue weighted by atomic mass is 10.2. The number of nitrogens with zero attached hydrogens (tertiary/aromatic N) is 1. The Morgan fingerprint density at radius 1 is 1.11 bits per heavy atom. The lowest BCUT2D eigenvalue weighted by molar-refractivity contribution is -0.0440. The zero-order valence-corrected chi connectivity index (χ0v) is 16.5. The maximum atomic E-state index is 13.1. The van der Waals surface area contributed by atoms with E-state index >= 15 is 0 Å². The van der Waals surface area contributed by atoms with Crippen molar-refractivity contribution < 1.29 is 22.7 Å². The van der Waals surface area contributed by atoms with Crippen LogP contribution in [0.1, 0.15) is 24.2 Å². The third-order valence-electron chi connectivity index (χ3n) is 4.12. The fraction of sp³-hybridized carbons (Fsp3) is 0.316. The van der Waals surface area contributed by atoms with E-state index in [9.17, 15) is 13.2 Å². The molecule has 0 bridgehead atoms. The number of para-hydroxylation sites is 1. The smallest absolute Gasteiger partial charge is 0.343 e. The predicted octanol–water partition coefficient (Wildman–Crippen LogP) is 3.36. The molecule has 0 aliphatic carbocycles. The van der Waals surface area contributed by atoms with Crippen molar-refractivity contribution in [1.29, 1.82) is 0 Å². The number of carbonyl (C=O) groups is 1. The number of hydrogen-bond donors (Lipinski definition) is 0. The fourth-order valence-corrected chi connectivity index (χ4v) is 5.04. The minimum atomic E-state index is -3.87. The molecule has 0 radical (unpaired) electrons. The standard InChI is InChI=1S/C19H20ClNO5S/c1-13-11-21(12-14(2)25-13)27(23,24)18-10-15(8-9-17(18)20)19(22)26-16-6-4-3-5-7-16/h3-10,13-14H,11-12H2,1-2H3/t13-,14-/m0/s1. The highest BCUT2D eigenvalue weighted by Crippen LogP contribution is 2.28. The van der Waals surface area contributed by atoms with Crippen LogP contribution in [-0.2, 0) is 14.8 Å². The third-order valence-corrected chi connectivity index (χ3v) is 6.44. The fourth-order valence-electron chi connectivity index (χ4n) is 2.95. The van der Waals surface area contributed by atoms with E-state index < -0.39 is 16.0 Å². The van der Waals surface area contributed by atoms with Crippen molar-refractivity contribution >= 4 is 27.6 Å². The lowest BCUT2D eigenvalue weighted by Gasteiger charge is -2.34. The molecule has 0 unspecified atom stereocenters. The van der Waals surface area contributed by atoms with Crippen LogP contribution in [0.15, 0.2) is 53.4 Å². The van der Waals surface area contributed by atoms with Gasteiger partial charge in [-0.1, -0.05) is 29.8 Å². The van der Waals surface area contributed by atoms with Gasteiger partial charge in [-0.25, -0.2) is 13.2 Å². The normalized spacial score (nSPS) is 21.0. The minimum absolute atomic E-state index is 0.0538. The van der Waals surface area contributed by atoms with Crippen molar-refractivity contribution in [2.75, 3.05) is 13.1 Å². The monoisotopic (exact) mass is 409 g/mol. The summed E-state index contributed by atoms with van der Waals surface area (Å²) in [6.45, 7) is 4.07. The van der Waals surface area contributed by atoms with Gasteiger partial charge >= 0.3 is 5.97 Å². The molecule has 3 rings (SSSR count). The Morgan fingerprint density at radius 3 is 2.37 bits per heavy atom. The van der Waals surface area contributed by atoms with Crippen molar-refractivity contribution in [2.45, 2.75) is 31.0 Å². The summed E-state index contributed by atoms with van der Waals surface area (Å²) in [5.41, 5.74) is 0.108. The van der Waals surface area contributed by atoms with Gasteiger partial charge in [0.15, 0.2) is 0 Å². The summed E-state index contributed by atoms with van der Waals surface area (Å²) in [4.78, 5) is 12.3. The average molecular weight is 410 g/mol. The van der Waals surface area contributed by atoms with Crippen LogP contribution in [0, 0.1) is 0 Å². The number of rotatable bonds is 4. The van der Waals surface area contributed by atoms with Gasteiger partial charge in [-0.05, 0) is 44.2 Å². The molecule has 1 saturated heterocycles. The summed E-state index contributed by atoms with van der Waals surface area (Å²) in [5.74, 6) is -0.282. The van der Waals surface area contributed by atoms with Gasteiger partial charge in [0.2, 0.25) is 10.0 Å². The molecular weight excluding hydrogens is 390 g/mol. The summed E-state index contributed by atoms with van der Waals surface area (Å²) in [7, 11) is -3.87. The zero-order chi connectivity index (χ0) is 19.6. The number of sulfonamides is 1. The number of ether oxygens (including phenoxy) is 2. The van der Waals surface area contributed by atoms with Crippen LogP contribution >= 0.6 is 11.6 Å². The number of benzene rings is 2. The summed E-state index contributed by atoms with van der Waals surface area (Å²) >= 11 is 6.15. The zero-order valence-electron chi connectivity index (χ0n) is 15.0. The van der Waals surface area contributed by atoms with E-state index in [-0.39, 0.29) is 40.8 Å². The van der Waals surface area contributed by atoms with Gasteiger partial charge in [0.05, 0.1) is 22.8 Å². The second kappa shape index (κ2) is 7.98. The van der Waals surface area contributed by atoms with Crippen molar-refractivity contribution in [3.8, 4) is 5.75 Å². The van der Waals surface area contributed by atoms with Crippen LogP contribution in [0.5, 0.6) is 5.75 Å². The molecule has 2 aromatic rings. The first kappa shape index (κ1) is 19.8. The highest BCUT2D eigenvalue weighted by molar-refractivity contribution is 7.89. The molecule has 0 N–H and O–H groups in total. The van der Waals surface area contributed by atoms with E-state index in [0.717, 1.165) is 0 Å². The SMILES string of the molecule is C[C@H]1CN(S(=O)(=O)c2cc(C(=O)Oc3ccccc3)ccc2Cl)C[C@H](C)O1. The maximum absolute atomic E-state index is 13.1. The van der Waals surface area contributed by atoms with Gasteiger partial charge in [0.25, 0.3) is 0 Å². The Hall–Kier alpha value is -1.93. The van der Waals surface area contributed by atoms with Gasteiger partial charge in [-0.2, -0.15) is 4.31 Å². The summed E-state index contributed by atoms with van der Waals surface area (Å²) in [6.07, 6.45) is -0.456. The van der Waals surface area contributed by atoms with E-state index in [2.05, 4.69) is 0 Å². The summed E-state index contributed by atoms with van der Waals surface area (Å²) in [5, 5.41) is 0.0538. The Morgan fingerprint density at radius 2 is 1.74 bits per heavy atom. The third kappa shape index (κ3) is 4.50. The topological polar surface area (TPSA) is 72.9 Å². The Bertz CT molecular complexity index is 922. The van der Waals surface area contributed by atoms with Gasteiger partial charge in [0.1, 0.15) is 10.6 Å². The molecular formula is C19H20ClNO5S. The van der Waals surface area contributed by atoms with E-state index in [1.165, 1.54) is 22.5 Å². The molecule has 0 spiro atoms. The van der Waals surface area contributed by atoms with E-state index in [0.29, 0.717) is 5.75 Å². The predicted molar refractivity (Wildman–Crippen MR) is 102 cm³/mol. The van der Waals surface area contributed by atoms with Crippen molar-refractivity contribution in [2.24, 2.45) is 0 Å². The Kier molecular flexibility index (Phi) is 5.86. The summed E-state index contributed by atoms with van der Waals surface area (Å²) in [6, 6.07) is 12.6. The average Bonchev–Trinajstić information content (AvgIpc) is 2.62. The van der Waals surface area contributed by atoms with E-state index in [4.69, 9.17) is 21.1 Å². The summed E-state index contributed by atoms with van der Waals surface area (Å²) < 4.78 is 38.3. The molecule has 27 heavy (non-hydrogen) atoms. The van der Waals surface area contributed by atoms with Crippen LogP contribution in [0.3, 0.4) is 0 Å². The maximum Gasteiger partial charge on any atom is 0.343 e. The highest BCUT2D eigenvalue weighted by Gasteiger charge is 2.34. The Balaban J connectivity index is 1.89. The molecule has 1 heterocycles. The van der Waals surface area contributed by atoms with E-state index in [1.807, 2.05) is 13.8 Å². The molecule has 0 saturated carbocycles. The number of hydrogen-bond acceptors (Lipinski definition) is 5. The van der Waals surface area contributed by atoms with Crippen molar-refractivity contribution in [1.82, 2.24) is 4.31 Å². The first-order chi connectivity index (χ1) is 12.8. The first-order valence-electron chi connectivity index (χ1n) is 8.50. The molecule has 1 aliphatic rings. The second-order valence-corrected chi connectivity index (χ2v) is 8.74. The van der Waals surface area contributed by atoms with Crippen LogP contribution in [-0.4, -0.2) is 44.0 Å². The molecule has 144 valence electrons. The molecule has 6 nitrogen and oxygen atoms in total. The van der Waals surface area contributed by atoms with Crippen LogP contribution < -0.4 is 4.74 Å². The lowest BCUT2D eigenvalue weighted by Crippen LogP contribution is -2.48. The molecule has 2 aromatic carbocycles. The first-order valence-corrected chi connectivity index (χ1v) is 10.3. The molecule has 0 aromatic heterocycles. The number of halogens is 1. The van der Waals surface area contributed by atoms with Crippen LogP contribution in [0.4, 0.5) is 0 Å². The van der Waals surface area contributed by atoms with Crippen molar-refractivity contribution in [3.05, 3.63) is 59.1 Å². The van der Waals surface area contributed by atoms with Gasteiger partial charge in [0, 0.05) is 13.1 Å². The molecule has 0 amide bonds. The van der Waals surface area contributed by atoms with Crippen LogP contribution in [0.2, 0.25) is 5.02 Å². The van der Waals surface area contributed by atoms with Gasteiger partial charge in [-0.15, -0.1) is 0 Å². The van der Waals surface area contributed by atoms with Crippen LogP contribution in [0.25, 0.3) is 0 Å². The molecule has 1 aliphatic heterocycles. The van der Waals surface area contributed by atoms with Gasteiger partial charge < -0.3 is 9.47 Å². The van der Waals surface area contributed by atoms with E-state index in [1.54, 1.807) is 30.3 Å². The largest absolute Gasteiger partial charge is 0.423 e. The second-order valence-electron chi connectivity index (χ2n) is 6.43. The molecule has 2 atom stereocenters.